The third kappa shape index (κ3) is 3.34. The maximum Gasteiger partial charge on any atom is 0.306 e. The Kier molecular flexibility index (Phi) is 4.32. The molecule has 0 saturated heterocycles. The Morgan fingerprint density at radius 3 is 2.35 bits per heavy atom. The number of aliphatic carboxylic acids is 1. The van der Waals surface area contributed by atoms with Gasteiger partial charge in [0.1, 0.15) is 0 Å². The first kappa shape index (κ1) is 13.3. The fraction of sp³-hybridized carbons (Fsp3) is 0.357. The molecule has 0 heterocycles. The number of rotatable bonds is 4. The van der Waals surface area contributed by atoms with E-state index in [1.807, 2.05) is 31.2 Å². The molecule has 1 unspecified atom stereocenters. The van der Waals surface area contributed by atoms with Crippen LogP contribution in [0.4, 0.5) is 0 Å². The molecular formula is C14H18O3. The minimum atomic E-state index is -0.850. The van der Waals surface area contributed by atoms with E-state index in [2.05, 4.69) is 0 Å². The molecule has 3 heteroatoms. The molecule has 0 aliphatic carbocycles. The summed E-state index contributed by atoms with van der Waals surface area (Å²) in [5, 5.41) is 18.6. The van der Waals surface area contributed by atoms with Gasteiger partial charge in [0.25, 0.3) is 0 Å². The molecule has 2 N–H and O–H groups in total. The van der Waals surface area contributed by atoms with Gasteiger partial charge in [0, 0.05) is 0 Å². The van der Waals surface area contributed by atoms with Gasteiger partial charge in [-0.3, -0.25) is 4.79 Å². The Morgan fingerprint density at radius 1 is 1.29 bits per heavy atom. The first-order valence-corrected chi connectivity index (χ1v) is 5.61. The summed E-state index contributed by atoms with van der Waals surface area (Å²) in [4.78, 5) is 10.9. The predicted octanol–water partition coefficient (Wildman–Crippen LogP) is 3.39. The van der Waals surface area contributed by atoms with E-state index in [0.717, 1.165) is 11.1 Å². The van der Waals surface area contributed by atoms with E-state index >= 15 is 0 Å². The number of aliphatic hydroxyl groups is 1. The van der Waals surface area contributed by atoms with Gasteiger partial charge in [0.2, 0.25) is 0 Å². The number of aliphatic hydroxyl groups excluding tert-OH is 1. The summed E-state index contributed by atoms with van der Waals surface area (Å²) in [6, 6.07) is 7.66. The molecule has 92 valence electrons. The molecule has 1 rings (SSSR count). The normalized spacial score (nSPS) is 14.1. The highest BCUT2D eigenvalue weighted by Gasteiger charge is 2.17. The van der Waals surface area contributed by atoms with Crippen molar-refractivity contribution in [3.05, 3.63) is 41.2 Å². The zero-order valence-electron chi connectivity index (χ0n) is 10.4. The molecular weight excluding hydrogens is 216 g/mol. The Bertz CT molecular complexity index is 443. The minimum absolute atomic E-state index is 0.187. The second kappa shape index (κ2) is 5.53. The molecule has 0 aromatic heterocycles. The number of hydrogen-bond donors (Lipinski definition) is 2. The topological polar surface area (TPSA) is 57.5 Å². The Morgan fingerprint density at radius 2 is 1.88 bits per heavy atom. The molecule has 0 bridgehead atoms. The number of carbonyl (C=O) groups is 1. The molecule has 0 spiro atoms. The molecule has 0 saturated carbocycles. The van der Waals surface area contributed by atoms with Gasteiger partial charge in [0.05, 0.1) is 11.7 Å². The van der Waals surface area contributed by atoms with Crippen molar-refractivity contribution < 1.29 is 15.0 Å². The van der Waals surface area contributed by atoms with Gasteiger partial charge in [-0.15, -0.1) is 0 Å². The van der Waals surface area contributed by atoms with Crippen LogP contribution in [0.1, 0.15) is 31.4 Å². The molecule has 3 nitrogen and oxygen atoms in total. The van der Waals surface area contributed by atoms with Crippen LogP contribution in [0.5, 0.6) is 0 Å². The lowest BCUT2D eigenvalue weighted by atomic mass is 9.92. The fourth-order valence-electron chi connectivity index (χ4n) is 1.76. The largest absolute Gasteiger partial charge is 0.512 e. The number of allylic oxidation sites excluding steroid dienone is 2. The molecule has 0 radical (unpaired) electrons. The molecule has 0 aliphatic heterocycles. The van der Waals surface area contributed by atoms with Crippen LogP contribution >= 0.6 is 0 Å². The Balaban J connectivity index is 3.09. The van der Waals surface area contributed by atoms with Crippen molar-refractivity contribution in [2.24, 2.45) is 5.92 Å². The van der Waals surface area contributed by atoms with Crippen molar-refractivity contribution >= 4 is 11.5 Å². The average Bonchev–Trinajstić information content (AvgIpc) is 2.26. The lowest BCUT2D eigenvalue weighted by molar-refractivity contribution is -0.140. The van der Waals surface area contributed by atoms with Gasteiger partial charge < -0.3 is 10.2 Å². The summed E-state index contributed by atoms with van der Waals surface area (Å²) in [6.07, 6.45) is 0.336. The van der Waals surface area contributed by atoms with Crippen LogP contribution in [-0.2, 0) is 4.79 Å². The summed E-state index contributed by atoms with van der Waals surface area (Å²) in [5.74, 6) is -1.17. The average molecular weight is 234 g/mol. The molecule has 17 heavy (non-hydrogen) atoms. The van der Waals surface area contributed by atoms with Crippen LogP contribution in [0.2, 0.25) is 0 Å². The van der Waals surface area contributed by atoms with E-state index in [1.165, 1.54) is 0 Å². The number of carboxylic acids is 1. The molecule has 1 aromatic rings. The first-order valence-electron chi connectivity index (χ1n) is 5.61. The summed E-state index contributed by atoms with van der Waals surface area (Å²) < 4.78 is 0. The Hall–Kier alpha value is -1.77. The highest BCUT2D eigenvalue weighted by Crippen LogP contribution is 2.27. The van der Waals surface area contributed by atoms with Crippen molar-refractivity contribution in [1.82, 2.24) is 0 Å². The molecule has 0 fully saturated rings. The number of carboxylic acid groups (broad SMARTS) is 1. The lowest BCUT2D eigenvalue weighted by Crippen LogP contribution is -2.11. The van der Waals surface area contributed by atoms with Crippen LogP contribution in [0.25, 0.3) is 5.57 Å². The quantitative estimate of drug-likeness (QED) is 0.785. The highest BCUT2D eigenvalue weighted by atomic mass is 16.4. The van der Waals surface area contributed by atoms with Gasteiger partial charge in [-0.05, 0) is 37.0 Å². The third-order valence-corrected chi connectivity index (χ3v) is 2.84. The fourth-order valence-corrected chi connectivity index (χ4v) is 1.76. The number of benzene rings is 1. The standard InChI is InChI=1S/C14H18O3/c1-9-6-4-5-7-12(9)13(11(3)15)8-10(2)14(16)17/h4-7,10,15H,8H2,1-3H3,(H,16,17)/b13-11+. The van der Waals surface area contributed by atoms with E-state index in [1.54, 1.807) is 13.8 Å². The van der Waals surface area contributed by atoms with E-state index < -0.39 is 11.9 Å². The second-order valence-electron chi connectivity index (χ2n) is 4.32. The van der Waals surface area contributed by atoms with E-state index in [0.29, 0.717) is 12.0 Å². The van der Waals surface area contributed by atoms with E-state index in [-0.39, 0.29) is 5.76 Å². The van der Waals surface area contributed by atoms with Crippen LogP contribution < -0.4 is 0 Å². The van der Waals surface area contributed by atoms with Crippen molar-refractivity contribution in [3.8, 4) is 0 Å². The highest BCUT2D eigenvalue weighted by molar-refractivity contribution is 5.76. The number of aryl methyl sites for hydroxylation is 1. The smallest absolute Gasteiger partial charge is 0.306 e. The van der Waals surface area contributed by atoms with Gasteiger partial charge in [-0.25, -0.2) is 0 Å². The zero-order chi connectivity index (χ0) is 13.0. The first-order chi connectivity index (χ1) is 7.93. The van der Waals surface area contributed by atoms with Gasteiger partial charge in [-0.1, -0.05) is 31.2 Å². The predicted molar refractivity (Wildman–Crippen MR) is 67.8 cm³/mol. The molecule has 0 aliphatic rings. The van der Waals surface area contributed by atoms with Crippen molar-refractivity contribution in [2.75, 3.05) is 0 Å². The SMILES string of the molecule is C/C(O)=C(/CC(C)C(=O)O)c1ccccc1C. The zero-order valence-corrected chi connectivity index (χ0v) is 10.4. The van der Waals surface area contributed by atoms with Gasteiger partial charge >= 0.3 is 5.97 Å². The van der Waals surface area contributed by atoms with Gasteiger partial charge in [0.15, 0.2) is 0 Å². The van der Waals surface area contributed by atoms with Crippen LogP contribution in [0.3, 0.4) is 0 Å². The second-order valence-corrected chi connectivity index (χ2v) is 4.32. The van der Waals surface area contributed by atoms with Crippen molar-refractivity contribution in [3.63, 3.8) is 0 Å². The summed E-state index contributed by atoms with van der Waals surface area (Å²) in [7, 11) is 0. The molecule has 1 aromatic carbocycles. The summed E-state index contributed by atoms with van der Waals surface area (Å²) in [5.41, 5.74) is 2.66. The maximum atomic E-state index is 10.9. The van der Waals surface area contributed by atoms with Crippen LogP contribution in [-0.4, -0.2) is 16.2 Å². The molecule has 0 amide bonds. The van der Waals surface area contributed by atoms with Crippen LogP contribution in [0.15, 0.2) is 30.0 Å². The van der Waals surface area contributed by atoms with E-state index in [9.17, 15) is 9.90 Å². The third-order valence-electron chi connectivity index (χ3n) is 2.84. The van der Waals surface area contributed by atoms with Crippen molar-refractivity contribution in [1.29, 1.82) is 0 Å². The van der Waals surface area contributed by atoms with Gasteiger partial charge in [-0.2, -0.15) is 0 Å². The molecule has 1 atom stereocenters. The van der Waals surface area contributed by atoms with E-state index in [4.69, 9.17) is 5.11 Å². The Labute approximate surface area is 101 Å². The van der Waals surface area contributed by atoms with Crippen LogP contribution in [0, 0.1) is 12.8 Å². The number of hydrogen-bond acceptors (Lipinski definition) is 2. The lowest BCUT2D eigenvalue weighted by Gasteiger charge is -2.14. The summed E-state index contributed by atoms with van der Waals surface area (Å²) >= 11 is 0. The summed E-state index contributed by atoms with van der Waals surface area (Å²) in [6.45, 7) is 5.18. The maximum absolute atomic E-state index is 10.9. The van der Waals surface area contributed by atoms with Crippen molar-refractivity contribution in [2.45, 2.75) is 27.2 Å². The monoisotopic (exact) mass is 234 g/mol. The minimum Gasteiger partial charge on any atom is -0.512 e.